The van der Waals surface area contributed by atoms with Crippen LogP contribution in [0, 0.1) is 0 Å². The summed E-state index contributed by atoms with van der Waals surface area (Å²) in [7, 11) is -3.66. The van der Waals surface area contributed by atoms with Gasteiger partial charge in [-0.3, -0.25) is 9.71 Å². The summed E-state index contributed by atoms with van der Waals surface area (Å²) < 4.78 is 26.3. The second kappa shape index (κ2) is 5.14. The van der Waals surface area contributed by atoms with E-state index in [0.717, 1.165) is 0 Å². The van der Waals surface area contributed by atoms with Gasteiger partial charge in [0.25, 0.3) is 10.0 Å². The zero-order valence-corrected chi connectivity index (χ0v) is 11.3. The first-order valence-corrected chi connectivity index (χ1v) is 7.11. The molecule has 0 aliphatic heterocycles. The largest absolute Gasteiger partial charge is 0.280 e. The van der Waals surface area contributed by atoms with E-state index >= 15 is 0 Å². The molecule has 0 radical (unpaired) electrons. The molecule has 0 saturated heterocycles. The Bertz CT molecular complexity index is 660. The van der Waals surface area contributed by atoms with E-state index in [1.807, 2.05) is 0 Å². The lowest BCUT2D eigenvalue weighted by Gasteiger charge is -2.08. The Kier molecular flexibility index (Phi) is 3.75. The summed E-state index contributed by atoms with van der Waals surface area (Å²) >= 11 is 11.6. The summed E-state index contributed by atoms with van der Waals surface area (Å²) in [6.45, 7) is 0. The molecule has 2 aromatic rings. The minimum absolute atomic E-state index is 0.0797. The minimum Gasteiger partial charge on any atom is -0.280 e. The van der Waals surface area contributed by atoms with Crippen LogP contribution in [0.25, 0.3) is 0 Å². The molecule has 0 unspecified atom stereocenters. The molecule has 0 atom stereocenters. The first kappa shape index (κ1) is 13.1. The van der Waals surface area contributed by atoms with Crippen LogP contribution in [0.15, 0.2) is 47.6 Å². The summed E-state index contributed by atoms with van der Waals surface area (Å²) in [6.07, 6.45) is 2.76. The van der Waals surface area contributed by atoms with E-state index in [2.05, 4.69) is 9.71 Å². The number of pyridine rings is 1. The number of hydrogen-bond donors (Lipinski definition) is 1. The fourth-order valence-electron chi connectivity index (χ4n) is 1.28. The van der Waals surface area contributed by atoms with Crippen LogP contribution in [-0.2, 0) is 10.0 Å². The van der Waals surface area contributed by atoms with Gasteiger partial charge in [0.2, 0.25) is 0 Å². The molecule has 18 heavy (non-hydrogen) atoms. The van der Waals surface area contributed by atoms with Crippen molar-refractivity contribution in [3.8, 4) is 0 Å². The Morgan fingerprint density at radius 1 is 1.11 bits per heavy atom. The van der Waals surface area contributed by atoms with Crippen LogP contribution in [-0.4, -0.2) is 13.4 Å². The molecule has 1 heterocycles. The highest BCUT2D eigenvalue weighted by molar-refractivity contribution is 7.92. The fourth-order valence-corrected chi connectivity index (χ4v) is 2.59. The van der Waals surface area contributed by atoms with Crippen molar-refractivity contribution in [2.24, 2.45) is 0 Å². The Morgan fingerprint density at radius 3 is 2.50 bits per heavy atom. The lowest BCUT2D eigenvalue weighted by atomic mass is 10.3. The van der Waals surface area contributed by atoms with Gasteiger partial charge in [0.1, 0.15) is 4.90 Å². The van der Waals surface area contributed by atoms with Crippen molar-refractivity contribution in [1.29, 1.82) is 0 Å². The Morgan fingerprint density at radius 2 is 1.89 bits per heavy atom. The molecule has 4 nitrogen and oxygen atoms in total. The number of nitrogens with zero attached hydrogens (tertiary/aromatic N) is 1. The summed E-state index contributed by atoms with van der Waals surface area (Å²) in [6, 6.07) is 7.49. The predicted octanol–water partition coefficient (Wildman–Crippen LogP) is 3.19. The number of nitrogens with one attached hydrogen (secondary N) is 1. The first-order chi connectivity index (χ1) is 8.49. The van der Waals surface area contributed by atoms with E-state index in [1.165, 1.54) is 36.7 Å². The van der Waals surface area contributed by atoms with Gasteiger partial charge in [-0.25, -0.2) is 8.42 Å². The topological polar surface area (TPSA) is 59.1 Å². The zero-order valence-electron chi connectivity index (χ0n) is 8.97. The van der Waals surface area contributed by atoms with Crippen LogP contribution >= 0.6 is 23.2 Å². The van der Waals surface area contributed by atoms with E-state index < -0.39 is 10.0 Å². The highest BCUT2D eigenvalue weighted by atomic mass is 35.5. The van der Waals surface area contributed by atoms with Crippen molar-refractivity contribution < 1.29 is 8.42 Å². The van der Waals surface area contributed by atoms with Gasteiger partial charge < -0.3 is 0 Å². The van der Waals surface area contributed by atoms with Gasteiger partial charge in [0.05, 0.1) is 15.7 Å². The number of anilines is 1. The third-order valence-electron chi connectivity index (χ3n) is 2.12. The molecule has 7 heteroatoms. The molecule has 0 aliphatic carbocycles. The zero-order chi connectivity index (χ0) is 13.2. The van der Waals surface area contributed by atoms with E-state index in [0.29, 0.717) is 10.7 Å². The smallest absolute Gasteiger partial charge is 0.263 e. The van der Waals surface area contributed by atoms with Crippen molar-refractivity contribution in [2.45, 2.75) is 4.90 Å². The second-order valence-electron chi connectivity index (χ2n) is 3.42. The summed E-state index contributed by atoms with van der Waals surface area (Å²) in [4.78, 5) is 3.84. The first-order valence-electron chi connectivity index (χ1n) is 4.87. The predicted molar refractivity (Wildman–Crippen MR) is 71.5 cm³/mol. The third kappa shape index (κ3) is 2.93. The molecule has 0 amide bonds. The molecule has 1 aromatic carbocycles. The van der Waals surface area contributed by atoms with Gasteiger partial charge in [-0.15, -0.1) is 0 Å². The molecule has 0 bridgehead atoms. The van der Waals surface area contributed by atoms with Gasteiger partial charge in [-0.1, -0.05) is 23.2 Å². The lowest BCUT2D eigenvalue weighted by Crippen LogP contribution is -2.13. The molecular weight excluding hydrogens is 295 g/mol. The van der Waals surface area contributed by atoms with Crippen LogP contribution < -0.4 is 4.72 Å². The van der Waals surface area contributed by atoms with Gasteiger partial charge in [0, 0.05) is 12.4 Å². The highest BCUT2D eigenvalue weighted by Gasteiger charge is 2.14. The van der Waals surface area contributed by atoms with E-state index in [9.17, 15) is 8.42 Å². The molecule has 0 spiro atoms. The molecule has 0 saturated carbocycles. The maximum atomic E-state index is 12.0. The molecule has 0 fully saturated rings. The number of halogens is 2. The number of aromatic nitrogens is 1. The second-order valence-corrected chi connectivity index (χ2v) is 5.92. The Balaban J connectivity index is 2.31. The van der Waals surface area contributed by atoms with Crippen LogP contribution in [0.3, 0.4) is 0 Å². The van der Waals surface area contributed by atoms with Gasteiger partial charge in [-0.05, 0) is 30.3 Å². The number of benzene rings is 1. The van der Waals surface area contributed by atoms with Crippen LogP contribution in [0.1, 0.15) is 0 Å². The summed E-state index contributed by atoms with van der Waals surface area (Å²) in [5.74, 6) is 0. The average molecular weight is 303 g/mol. The Labute approximate surface area is 115 Å². The fraction of sp³-hybridized carbons (Fsp3) is 0. The van der Waals surface area contributed by atoms with Crippen molar-refractivity contribution in [2.75, 3.05) is 4.72 Å². The summed E-state index contributed by atoms with van der Waals surface area (Å²) in [5.41, 5.74) is 0.341. The quantitative estimate of drug-likeness (QED) is 0.947. The van der Waals surface area contributed by atoms with Crippen molar-refractivity contribution in [1.82, 2.24) is 4.98 Å². The third-order valence-corrected chi connectivity index (χ3v) is 4.22. The van der Waals surface area contributed by atoms with Crippen molar-refractivity contribution in [3.05, 3.63) is 52.8 Å². The SMILES string of the molecule is O=S(=O)(Nc1ccc(Cl)c(Cl)c1)c1cccnc1. The Hall–Kier alpha value is -1.30. The van der Waals surface area contributed by atoms with E-state index in [1.54, 1.807) is 6.07 Å². The molecule has 94 valence electrons. The average Bonchev–Trinajstić information content (AvgIpc) is 2.35. The normalized spacial score (nSPS) is 11.2. The minimum atomic E-state index is -3.66. The van der Waals surface area contributed by atoms with Gasteiger partial charge in [0.15, 0.2) is 0 Å². The molecule has 1 N–H and O–H groups in total. The van der Waals surface area contributed by atoms with Crippen molar-refractivity contribution >= 4 is 38.9 Å². The standard InChI is InChI=1S/C11H8Cl2N2O2S/c12-10-4-3-8(6-11(10)13)15-18(16,17)9-2-1-5-14-7-9/h1-7,15H. The van der Waals surface area contributed by atoms with Gasteiger partial charge in [-0.2, -0.15) is 0 Å². The monoisotopic (exact) mass is 302 g/mol. The summed E-state index contributed by atoms with van der Waals surface area (Å²) in [5, 5.41) is 0.643. The van der Waals surface area contributed by atoms with Crippen LogP contribution in [0.4, 0.5) is 5.69 Å². The number of rotatable bonds is 3. The molecule has 0 aliphatic rings. The van der Waals surface area contributed by atoms with E-state index in [-0.39, 0.29) is 9.92 Å². The maximum Gasteiger partial charge on any atom is 0.263 e. The van der Waals surface area contributed by atoms with E-state index in [4.69, 9.17) is 23.2 Å². The number of hydrogen-bond acceptors (Lipinski definition) is 3. The molecular formula is C11H8Cl2N2O2S. The maximum absolute atomic E-state index is 12.0. The molecule has 2 rings (SSSR count). The van der Waals surface area contributed by atoms with Crippen molar-refractivity contribution in [3.63, 3.8) is 0 Å². The van der Waals surface area contributed by atoms with Crippen LogP contribution in [0.5, 0.6) is 0 Å². The highest BCUT2D eigenvalue weighted by Crippen LogP contribution is 2.26. The molecule has 1 aromatic heterocycles. The van der Waals surface area contributed by atoms with Gasteiger partial charge >= 0.3 is 0 Å². The number of sulfonamides is 1. The van der Waals surface area contributed by atoms with Crippen LogP contribution in [0.2, 0.25) is 10.0 Å². The lowest BCUT2D eigenvalue weighted by molar-refractivity contribution is 0.601.